The molecule has 0 amide bonds. The molecule has 3 saturated heterocycles. The van der Waals surface area contributed by atoms with Crippen molar-refractivity contribution in [3.8, 4) is 0 Å². The van der Waals surface area contributed by atoms with Gasteiger partial charge in [-0.2, -0.15) is 0 Å². The van der Waals surface area contributed by atoms with Gasteiger partial charge in [0, 0.05) is 38.3 Å². The van der Waals surface area contributed by atoms with E-state index in [0.717, 1.165) is 6.54 Å². The van der Waals surface area contributed by atoms with E-state index in [1.165, 1.54) is 71.4 Å². The summed E-state index contributed by atoms with van der Waals surface area (Å²) >= 11 is 0. The van der Waals surface area contributed by atoms with Gasteiger partial charge in [-0.3, -0.25) is 4.90 Å². The highest BCUT2D eigenvalue weighted by atomic mass is 16.3. The van der Waals surface area contributed by atoms with Crippen molar-refractivity contribution in [3.05, 3.63) is 0 Å². The first-order valence-corrected chi connectivity index (χ1v) is 9.43. The first-order valence-electron chi connectivity index (χ1n) is 9.43. The van der Waals surface area contributed by atoms with Crippen LogP contribution in [0.2, 0.25) is 0 Å². The van der Waals surface area contributed by atoms with E-state index in [-0.39, 0.29) is 0 Å². The van der Waals surface area contributed by atoms with Crippen molar-refractivity contribution in [1.29, 1.82) is 0 Å². The first-order chi connectivity index (χ1) is 10.6. The van der Waals surface area contributed by atoms with E-state index in [0.29, 0.717) is 24.1 Å². The molecule has 0 aromatic heterocycles. The van der Waals surface area contributed by atoms with Crippen molar-refractivity contribution in [2.75, 3.05) is 52.4 Å². The third-order valence-electron chi connectivity index (χ3n) is 6.35. The summed E-state index contributed by atoms with van der Waals surface area (Å²) in [6, 6.07) is 1.13. The van der Waals surface area contributed by atoms with Gasteiger partial charge in [-0.1, -0.05) is 0 Å². The molecule has 1 unspecified atom stereocenters. The number of aliphatic hydroxyl groups is 1. The van der Waals surface area contributed by atoms with Gasteiger partial charge in [0.15, 0.2) is 0 Å². The Kier molecular flexibility index (Phi) is 5.43. The molecule has 3 aliphatic heterocycles. The topological polar surface area (TPSA) is 30.0 Å². The molecule has 2 atom stereocenters. The SMILES string of the molecule is CC(C)N1CCC2(CCCN(CCN3CCC[C@H]3CO)C2)C1. The van der Waals surface area contributed by atoms with Gasteiger partial charge in [-0.05, 0) is 71.0 Å². The molecule has 3 fully saturated rings. The van der Waals surface area contributed by atoms with Gasteiger partial charge >= 0.3 is 0 Å². The average Bonchev–Trinajstić information content (AvgIpc) is 3.12. The standard InChI is InChI=1S/C18H35N3O/c1-16(2)21-10-7-18(15-21)6-4-8-19(14-18)11-12-20-9-3-5-17(20)13-22/h16-17,22H,3-15H2,1-2H3/t17-,18?/m0/s1. The van der Waals surface area contributed by atoms with E-state index in [1.807, 2.05) is 0 Å². The maximum absolute atomic E-state index is 9.46. The van der Waals surface area contributed by atoms with Crippen LogP contribution in [0.3, 0.4) is 0 Å². The molecule has 0 saturated carbocycles. The summed E-state index contributed by atoms with van der Waals surface area (Å²) in [5.41, 5.74) is 0.573. The Morgan fingerprint density at radius 2 is 1.91 bits per heavy atom. The van der Waals surface area contributed by atoms with Gasteiger partial charge in [-0.15, -0.1) is 0 Å². The molecule has 0 radical (unpaired) electrons. The quantitative estimate of drug-likeness (QED) is 0.836. The Morgan fingerprint density at radius 1 is 1.05 bits per heavy atom. The minimum atomic E-state index is 0.341. The smallest absolute Gasteiger partial charge is 0.0586 e. The average molecular weight is 309 g/mol. The zero-order valence-electron chi connectivity index (χ0n) is 14.6. The summed E-state index contributed by atoms with van der Waals surface area (Å²) in [4.78, 5) is 7.89. The fraction of sp³-hybridized carbons (Fsp3) is 1.00. The van der Waals surface area contributed by atoms with Crippen LogP contribution < -0.4 is 0 Å². The highest BCUT2D eigenvalue weighted by Gasteiger charge is 2.41. The van der Waals surface area contributed by atoms with Crippen LogP contribution in [0.4, 0.5) is 0 Å². The van der Waals surface area contributed by atoms with E-state index in [2.05, 4.69) is 28.5 Å². The highest BCUT2D eigenvalue weighted by Crippen LogP contribution is 2.39. The summed E-state index contributed by atoms with van der Waals surface area (Å²) in [7, 11) is 0. The Bertz CT molecular complexity index is 362. The lowest BCUT2D eigenvalue weighted by molar-refractivity contribution is 0.0732. The lowest BCUT2D eigenvalue weighted by Gasteiger charge is -2.41. The molecular weight excluding hydrogens is 274 g/mol. The fourth-order valence-corrected chi connectivity index (χ4v) is 4.91. The number of rotatable bonds is 5. The van der Waals surface area contributed by atoms with Gasteiger partial charge in [0.2, 0.25) is 0 Å². The van der Waals surface area contributed by atoms with E-state index >= 15 is 0 Å². The molecule has 1 N–H and O–H groups in total. The monoisotopic (exact) mass is 309 g/mol. The number of nitrogens with zero attached hydrogens (tertiary/aromatic N) is 3. The van der Waals surface area contributed by atoms with Gasteiger partial charge in [0.25, 0.3) is 0 Å². The largest absolute Gasteiger partial charge is 0.395 e. The Balaban J connectivity index is 1.49. The maximum Gasteiger partial charge on any atom is 0.0586 e. The van der Waals surface area contributed by atoms with Crippen molar-refractivity contribution in [3.63, 3.8) is 0 Å². The van der Waals surface area contributed by atoms with E-state index in [1.54, 1.807) is 0 Å². The molecule has 1 spiro atoms. The summed E-state index contributed by atoms with van der Waals surface area (Å²) < 4.78 is 0. The lowest BCUT2D eigenvalue weighted by Crippen LogP contribution is -2.48. The van der Waals surface area contributed by atoms with Crippen molar-refractivity contribution in [1.82, 2.24) is 14.7 Å². The normalized spacial score (nSPS) is 35.2. The number of piperidine rings is 1. The van der Waals surface area contributed by atoms with Crippen LogP contribution >= 0.6 is 0 Å². The van der Waals surface area contributed by atoms with Crippen LogP contribution in [0.25, 0.3) is 0 Å². The molecular formula is C18H35N3O. The van der Waals surface area contributed by atoms with Crippen LogP contribution in [0.15, 0.2) is 0 Å². The molecule has 3 heterocycles. The molecule has 0 bridgehead atoms. The van der Waals surface area contributed by atoms with Crippen LogP contribution in [-0.2, 0) is 0 Å². The number of likely N-dealkylation sites (tertiary alicyclic amines) is 3. The van der Waals surface area contributed by atoms with Crippen LogP contribution in [0.5, 0.6) is 0 Å². The Labute approximate surface area is 136 Å². The molecule has 128 valence electrons. The predicted molar refractivity (Wildman–Crippen MR) is 91.1 cm³/mol. The second-order valence-corrected chi connectivity index (χ2v) is 8.21. The minimum Gasteiger partial charge on any atom is -0.395 e. The number of aliphatic hydroxyl groups excluding tert-OH is 1. The number of hydrogen-bond donors (Lipinski definition) is 1. The Hall–Kier alpha value is -0.160. The van der Waals surface area contributed by atoms with E-state index < -0.39 is 0 Å². The molecule has 0 aliphatic carbocycles. The number of hydrogen-bond acceptors (Lipinski definition) is 4. The van der Waals surface area contributed by atoms with Gasteiger partial charge in [0.05, 0.1) is 6.61 Å². The second-order valence-electron chi connectivity index (χ2n) is 8.21. The zero-order valence-corrected chi connectivity index (χ0v) is 14.6. The third-order valence-corrected chi connectivity index (χ3v) is 6.35. The minimum absolute atomic E-state index is 0.341. The van der Waals surface area contributed by atoms with Crippen LogP contribution in [-0.4, -0.2) is 84.3 Å². The van der Waals surface area contributed by atoms with Gasteiger partial charge in [-0.25, -0.2) is 0 Å². The molecule has 4 heteroatoms. The van der Waals surface area contributed by atoms with Gasteiger partial charge in [0.1, 0.15) is 0 Å². The predicted octanol–water partition coefficient (Wildman–Crippen LogP) is 1.64. The highest BCUT2D eigenvalue weighted by molar-refractivity contribution is 4.96. The van der Waals surface area contributed by atoms with Crippen molar-refractivity contribution in [2.24, 2.45) is 5.41 Å². The summed E-state index contributed by atoms with van der Waals surface area (Å²) in [6.45, 7) is 13.7. The van der Waals surface area contributed by atoms with Gasteiger partial charge < -0.3 is 14.9 Å². The molecule has 3 rings (SSSR count). The molecule has 0 aromatic carbocycles. The summed E-state index contributed by atoms with van der Waals surface area (Å²) in [5, 5.41) is 9.46. The summed E-state index contributed by atoms with van der Waals surface area (Å²) in [5.74, 6) is 0. The molecule has 0 aromatic rings. The molecule has 22 heavy (non-hydrogen) atoms. The van der Waals surface area contributed by atoms with E-state index in [9.17, 15) is 5.11 Å². The zero-order chi connectivity index (χ0) is 15.6. The van der Waals surface area contributed by atoms with Crippen molar-refractivity contribution >= 4 is 0 Å². The lowest BCUT2D eigenvalue weighted by atomic mass is 9.79. The molecule has 3 aliphatic rings. The van der Waals surface area contributed by atoms with E-state index in [4.69, 9.17) is 0 Å². The third kappa shape index (κ3) is 3.66. The maximum atomic E-state index is 9.46. The fourth-order valence-electron chi connectivity index (χ4n) is 4.91. The molecule has 4 nitrogen and oxygen atoms in total. The second kappa shape index (κ2) is 7.16. The Morgan fingerprint density at radius 3 is 2.64 bits per heavy atom. The van der Waals surface area contributed by atoms with Crippen LogP contribution in [0.1, 0.15) is 46.0 Å². The van der Waals surface area contributed by atoms with Crippen molar-refractivity contribution < 1.29 is 5.11 Å². The van der Waals surface area contributed by atoms with Crippen LogP contribution in [0, 0.1) is 5.41 Å². The summed E-state index contributed by atoms with van der Waals surface area (Å²) in [6.07, 6.45) is 6.64. The van der Waals surface area contributed by atoms with Crippen molar-refractivity contribution in [2.45, 2.75) is 58.0 Å². The first kappa shape index (κ1) is 16.7.